The summed E-state index contributed by atoms with van der Waals surface area (Å²) in [5, 5.41) is 0. The van der Waals surface area contributed by atoms with E-state index in [-0.39, 0.29) is 17.7 Å². The van der Waals surface area contributed by atoms with Crippen LogP contribution in [0.2, 0.25) is 0 Å². The van der Waals surface area contributed by atoms with Gasteiger partial charge in [-0.3, -0.25) is 14.4 Å². The number of hydrogen-bond donors (Lipinski definition) is 0. The molecular formula is C24H25N3O3. The van der Waals surface area contributed by atoms with Crippen molar-refractivity contribution in [3.63, 3.8) is 0 Å². The Morgan fingerprint density at radius 1 is 0.867 bits per heavy atom. The van der Waals surface area contributed by atoms with Gasteiger partial charge >= 0.3 is 0 Å². The molecule has 154 valence electrons. The Kier molecular flexibility index (Phi) is 4.57. The predicted molar refractivity (Wildman–Crippen MR) is 114 cm³/mol. The molecule has 1 aliphatic carbocycles. The minimum Gasteiger partial charge on any atom is -0.339 e. The molecule has 2 aromatic carbocycles. The fourth-order valence-electron chi connectivity index (χ4n) is 4.93. The second-order valence-electron chi connectivity index (χ2n) is 8.34. The number of nitrogens with zero attached hydrogens (tertiary/aromatic N) is 3. The largest absolute Gasteiger partial charge is 0.339 e. The second-order valence-corrected chi connectivity index (χ2v) is 8.34. The van der Waals surface area contributed by atoms with Gasteiger partial charge < -0.3 is 14.7 Å². The standard InChI is InChI=1S/C24H25N3O3/c1-16(28)25-10-12-26(13-11-25)23(29)22-8-9-27(24(22)30)19-6-7-21-18(15-19)14-17-4-2-3-5-20(17)21/h2-7,15,22H,8-14H2,1H3/t22-/m1/s1. The van der Waals surface area contributed by atoms with Crippen LogP contribution >= 0.6 is 0 Å². The molecule has 1 atom stereocenters. The van der Waals surface area contributed by atoms with Gasteiger partial charge in [-0.15, -0.1) is 0 Å². The van der Waals surface area contributed by atoms with E-state index in [4.69, 9.17) is 0 Å². The first-order valence-corrected chi connectivity index (χ1v) is 10.6. The van der Waals surface area contributed by atoms with Crippen molar-refractivity contribution in [2.24, 2.45) is 5.92 Å². The number of carbonyl (C=O) groups is 3. The molecule has 0 N–H and O–H groups in total. The van der Waals surface area contributed by atoms with E-state index in [0.717, 1.165) is 12.1 Å². The van der Waals surface area contributed by atoms with Crippen LogP contribution in [0.15, 0.2) is 42.5 Å². The molecule has 0 aromatic heterocycles. The van der Waals surface area contributed by atoms with Crippen LogP contribution in [-0.2, 0) is 20.8 Å². The van der Waals surface area contributed by atoms with Gasteiger partial charge in [-0.05, 0) is 47.2 Å². The summed E-state index contributed by atoms with van der Waals surface area (Å²) in [6, 6.07) is 14.6. The first-order chi connectivity index (χ1) is 14.5. The molecule has 30 heavy (non-hydrogen) atoms. The highest BCUT2D eigenvalue weighted by molar-refractivity contribution is 6.09. The molecule has 2 aliphatic heterocycles. The summed E-state index contributed by atoms with van der Waals surface area (Å²) in [5.41, 5.74) is 5.93. The Morgan fingerprint density at radius 3 is 2.33 bits per heavy atom. The van der Waals surface area contributed by atoms with Crippen molar-refractivity contribution in [1.82, 2.24) is 9.80 Å². The van der Waals surface area contributed by atoms with Crippen LogP contribution < -0.4 is 4.90 Å². The van der Waals surface area contributed by atoms with Crippen molar-refractivity contribution in [2.45, 2.75) is 19.8 Å². The molecule has 3 aliphatic rings. The second kappa shape index (κ2) is 7.27. The number of anilines is 1. The first-order valence-electron chi connectivity index (χ1n) is 10.6. The van der Waals surface area contributed by atoms with E-state index in [0.29, 0.717) is 39.1 Å². The van der Waals surface area contributed by atoms with E-state index in [1.165, 1.54) is 22.3 Å². The Hall–Kier alpha value is -3.15. The lowest BCUT2D eigenvalue weighted by molar-refractivity contribution is -0.144. The zero-order chi connectivity index (χ0) is 20.8. The monoisotopic (exact) mass is 403 g/mol. The quantitative estimate of drug-likeness (QED) is 0.617. The lowest BCUT2D eigenvalue weighted by Gasteiger charge is -2.35. The summed E-state index contributed by atoms with van der Waals surface area (Å²) in [4.78, 5) is 42.8. The van der Waals surface area contributed by atoms with Crippen LogP contribution in [-0.4, -0.2) is 60.2 Å². The molecule has 5 rings (SSSR count). The third kappa shape index (κ3) is 3.07. The molecule has 6 nitrogen and oxygen atoms in total. The van der Waals surface area contributed by atoms with Crippen molar-refractivity contribution >= 4 is 23.4 Å². The molecule has 6 heteroatoms. The maximum atomic E-state index is 13.1. The molecule has 0 spiro atoms. The first kappa shape index (κ1) is 18.9. The van der Waals surface area contributed by atoms with Crippen LogP contribution in [0.5, 0.6) is 0 Å². The van der Waals surface area contributed by atoms with Crippen molar-refractivity contribution in [3.05, 3.63) is 53.6 Å². The molecule has 2 saturated heterocycles. The van der Waals surface area contributed by atoms with Gasteiger partial charge in [0.2, 0.25) is 17.7 Å². The maximum Gasteiger partial charge on any atom is 0.239 e. The summed E-state index contributed by atoms with van der Waals surface area (Å²) >= 11 is 0. The summed E-state index contributed by atoms with van der Waals surface area (Å²) in [6.07, 6.45) is 1.42. The molecule has 0 bridgehead atoms. The van der Waals surface area contributed by atoms with Gasteiger partial charge in [-0.1, -0.05) is 30.3 Å². The number of hydrogen-bond acceptors (Lipinski definition) is 3. The molecule has 0 unspecified atom stereocenters. The van der Waals surface area contributed by atoms with Crippen LogP contribution in [0.4, 0.5) is 5.69 Å². The predicted octanol–water partition coefficient (Wildman–Crippen LogP) is 2.30. The van der Waals surface area contributed by atoms with Gasteiger partial charge in [0.25, 0.3) is 0 Å². The fourth-order valence-corrected chi connectivity index (χ4v) is 4.93. The summed E-state index contributed by atoms with van der Waals surface area (Å²) < 4.78 is 0. The highest BCUT2D eigenvalue weighted by Crippen LogP contribution is 2.39. The van der Waals surface area contributed by atoms with E-state index in [9.17, 15) is 14.4 Å². The fraction of sp³-hybridized carbons (Fsp3) is 0.375. The van der Waals surface area contributed by atoms with E-state index < -0.39 is 5.92 Å². The van der Waals surface area contributed by atoms with E-state index in [2.05, 4.69) is 36.4 Å². The molecule has 2 aromatic rings. The Bertz CT molecular complexity index is 1040. The van der Waals surface area contributed by atoms with E-state index in [1.54, 1.807) is 21.6 Å². The van der Waals surface area contributed by atoms with Crippen molar-refractivity contribution in [1.29, 1.82) is 0 Å². The average Bonchev–Trinajstić information content (AvgIpc) is 3.33. The Labute approximate surface area is 176 Å². The Morgan fingerprint density at radius 2 is 1.57 bits per heavy atom. The highest BCUT2D eigenvalue weighted by Gasteiger charge is 2.40. The normalized spacial score (nSPS) is 20.4. The smallest absolute Gasteiger partial charge is 0.239 e. The zero-order valence-corrected chi connectivity index (χ0v) is 17.1. The Balaban J connectivity index is 1.29. The summed E-state index contributed by atoms with van der Waals surface area (Å²) in [5.74, 6) is -0.785. The topological polar surface area (TPSA) is 60.9 Å². The van der Waals surface area contributed by atoms with Gasteiger partial charge in [0.1, 0.15) is 5.92 Å². The number of amides is 3. The van der Waals surface area contributed by atoms with E-state index in [1.807, 2.05) is 6.07 Å². The van der Waals surface area contributed by atoms with Crippen LogP contribution in [0.1, 0.15) is 24.5 Å². The number of piperazine rings is 1. The molecule has 2 fully saturated rings. The molecule has 0 radical (unpaired) electrons. The van der Waals surface area contributed by atoms with Gasteiger partial charge in [0.15, 0.2) is 0 Å². The van der Waals surface area contributed by atoms with Gasteiger partial charge in [-0.25, -0.2) is 0 Å². The van der Waals surface area contributed by atoms with Crippen molar-refractivity contribution < 1.29 is 14.4 Å². The van der Waals surface area contributed by atoms with Gasteiger partial charge in [-0.2, -0.15) is 0 Å². The third-order valence-corrected chi connectivity index (χ3v) is 6.63. The van der Waals surface area contributed by atoms with Crippen LogP contribution in [0, 0.1) is 5.92 Å². The SMILES string of the molecule is CC(=O)N1CCN(C(=O)[C@H]2CCN(c3ccc4c(c3)Cc3ccccc3-4)C2=O)CC1. The lowest BCUT2D eigenvalue weighted by atomic mass is 10.0. The van der Waals surface area contributed by atoms with Crippen molar-refractivity contribution in [2.75, 3.05) is 37.6 Å². The molecule has 0 saturated carbocycles. The van der Waals surface area contributed by atoms with Gasteiger partial charge in [0.05, 0.1) is 0 Å². The number of benzene rings is 2. The maximum absolute atomic E-state index is 13.1. The van der Waals surface area contributed by atoms with Crippen LogP contribution in [0.25, 0.3) is 11.1 Å². The molecule has 3 amide bonds. The van der Waals surface area contributed by atoms with Crippen molar-refractivity contribution in [3.8, 4) is 11.1 Å². The zero-order valence-electron chi connectivity index (χ0n) is 17.1. The minimum atomic E-state index is -0.612. The number of fused-ring (bicyclic) bond motifs is 3. The van der Waals surface area contributed by atoms with Gasteiger partial charge in [0, 0.05) is 45.3 Å². The lowest BCUT2D eigenvalue weighted by Crippen LogP contribution is -2.52. The number of rotatable bonds is 2. The average molecular weight is 403 g/mol. The molecule has 2 heterocycles. The number of carbonyl (C=O) groups excluding carboxylic acids is 3. The highest BCUT2D eigenvalue weighted by atomic mass is 16.2. The van der Waals surface area contributed by atoms with E-state index >= 15 is 0 Å². The third-order valence-electron chi connectivity index (χ3n) is 6.63. The summed E-state index contributed by atoms with van der Waals surface area (Å²) in [6.45, 7) is 4.19. The summed E-state index contributed by atoms with van der Waals surface area (Å²) in [7, 11) is 0. The van der Waals surface area contributed by atoms with Crippen LogP contribution in [0.3, 0.4) is 0 Å². The molecular weight excluding hydrogens is 378 g/mol. The minimum absolute atomic E-state index is 0.0315.